The highest BCUT2D eigenvalue weighted by Crippen LogP contribution is 2.24. The van der Waals surface area contributed by atoms with Crippen LogP contribution in [0.2, 0.25) is 0 Å². The second-order valence-corrected chi connectivity index (χ2v) is 5.63. The first kappa shape index (κ1) is 20.1. The fourth-order valence-electron chi connectivity index (χ4n) is 2.60. The van der Waals surface area contributed by atoms with Crippen molar-refractivity contribution in [2.75, 3.05) is 20.3 Å². The lowest BCUT2D eigenvalue weighted by Crippen LogP contribution is -2.51. The molecule has 3 N–H and O–H groups in total. The Morgan fingerprint density at radius 3 is 2.52 bits per heavy atom. The Hall–Kier alpha value is -3.23. The second kappa shape index (κ2) is 8.93. The summed E-state index contributed by atoms with van der Waals surface area (Å²) in [5.41, 5.74) is 0.275. The SMILES string of the molecule is CCOC(=O)C1=C(COC(=O)c2ccc(OC)cc2O)NC(=O)N[C@@H]1CC. The smallest absolute Gasteiger partial charge is 0.342 e. The van der Waals surface area contributed by atoms with E-state index in [1.54, 1.807) is 13.8 Å². The third-order valence-corrected chi connectivity index (χ3v) is 3.92. The van der Waals surface area contributed by atoms with E-state index < -0.39 is 24.0 Å². The molecule has 0 aromatic heterocycles. The van der Waals surface area contributed by atoms with Crippen LogP contribution in [0.4, 0.5) is 4.79 Å². The van der Waals surface area contributed by atoms with Gasteiger partial charge in [0.15, 0.2) is 0 Å². The normalized spacial score (nSPS) is 16.3. The molecule has 9 nitrogen and oxygen atoms in total. The summed E-state index contributed by atoms with van der Waals surface area (Å²) in [7, 11) is 1.43. The summed E-state index contributed by atoms with van der Waals surface area (Å²) in [5.74, 6) is -1.34. The van der Waals surface area contributed by atoms with Crippen LogP contribution in [0.15, 0.2) is 29.5 Å². The van der Waals surface area contributed by atoms with E-state index in [1.165, 1.54) is 25.3 Å². The van der Waals surface area contributed by atoms with Gasteiger partial charge in [-0.05, 0) is 25.5 Å². The Morgan fingerprint density at radius 2 is 1.93 bits per heavy atom. The predicted molar refractivity (Wildman–Crippen MR) is 94.3 cm³/mol. The molecule has 27 heavy (non-hydrogen) atoms. The number of carbonyl (C=O) groups is 3. The number of methoxy groups -OCH3 is 1. The maximum absolute atomic E-state index is 12.3. The van der Waals surface area contributed by atoms with Gasteiger partial charge in [-0.1, -0.05) is 6.92 Å². The number of hydrogen-bond acceptors (Lipinski definition) is 7. The van der Waals surface area contributed by atoms with Gasteiger partial charge in [0.1, 0.15) is 23.7 Å². The summed E-state index contributed by atoms with van der Waals surface area (Å²) in [4.78, 5) is 36.3. The quantitative estimate of drug-likeness (QED) is 0.614. The third-order valence-electron chi connectivity index (χ3n) is 3.92. The van der Waals surface area contributed by atoms with Crippen LogP contribution in [0.5, 0.6) is 11.5 Å². The van der Waals surface area contributed by atoms with Gasteiger partial charge in [0, 0.05) is 6.07 Å². The molecule has 0 radical (unpaired) electrons. The first-order valence-corrected chi connectivity index (χ1v) is 8.43. The summed E-state index contributed by atoms with van der Waals surface area (Å²) < 4.78 is 15.2. The summed E-state index contributed by atoms with van der Waals surface area (Å²) in [6.45, 7) is 3.27. The van der Waals surface area contributed by atoms with E-state index in [4.69, 9.17) is 14.2 Å². The van der Waals surface area contributed by atoms with Gasteiger partial charge in [0.25, 0.3) is 0 Å². The number of amides is 2. The van der Waals surface area contributed by atoms with Crippen LogP contribution >= 0.6 is 0 Å². The largest absolute Gasteiger partial charge is 0.507 e. The molecule has 0 fully saturated rings. The first-order chi connectivity index (χ1) is 12.9. The molecular formula is C18H22N2O7. The number of ether oxygens (including phenoxy) is 3. The van der Waals surface area contributed by atoms with Crippen LogP contribution in [0.3, 0.4) is 0 Å². The van der Waals surface area contributed by atoms with Crippen molar-refractivity contribution in [2.45, 2.75) is 26.3 Å². The van der Waals surface area contributed by atoms with Crippen molar-refractivity contribution in [2.24, 2.45) is 0 Å². The zero-order valence-electron chi connectivity index (χ0n) is 15.3. The van der Waals surface area contributed by atoms with Gasteiger partial charge < -0.3 is 30.0 Å². The molecule has 2 amide bonds. The number of benzene rings is 1. The van der Waals surface area contributed by atoms with Gasteiger partial charge in [0.05, 0.1) is 31.0 Å². The van der Waals surface area contributed by atoms with E-state index in [2.05, 4.69) is 10.6 Å². The standard InChI is InChI=1S/C18H22N2O7/c1-4-12-15(17(23)26-5-2)13(20-18(24)19-12)9-27-16(22)11-7-6-10(25-3)8-14(11)21/h6-8,12,21H,4-5,9H2,1-3H3,(H2,19,20,24)/t12-/m1/s1. The minimum Gasteiger partial charge on any atom is -0.507 e. The van der Waals surface area contributed by atoms with Crippen molar-refractivity contribution in [1.29, 1.82) is 0 Å². The monoisotopic (exact) mass is 378 g/mol. The number of hydrogen-bond donors (Lipinski definition) is 3. The van der Waals surface area contributed by atoms with Crippen molar-refractivity contribution in [1.82, 2.24) is 10.6 Å². The summed E-state index contributed by atoms with van der Waals surface area (Å²) in [6.07, 6.45) is 0.457. The van der Waals surface area contributed by atoms with E-state index in [-0.39, 0.29) is 35.8 Å². The zero-order valence-corrected chi connectivity index (χ0v) is 15.3. The van der Waals surface area contributed by atoms with Gasteiger partial charge in [-0.2, -0.15) is 0 Å². The van der Waals surface area contributed by atoms with Gasteiger partial charge in [-0.3, -0.25) is 0 Å². The molecule has 1 aromatic carbocycles. The van der Waals surface area contributed by atoms with Crippen molar-refractivity contribution in [3.05, 3.63) is 35.0 Å². The predicted octanol–water partition coefficient (Wildman–Crippen LogP) is 1.47. The van der Waals surface area contributed by atoms with Gasteiger partial charge in [-0.15, -0.1) is 0 Å². The van der Waals surface area contributed by atoms with Crippen LogP contribution in [-0.2, 0) is 14.3 Å². The topological polar surface area (TPSA) is 123 Å². The zero-order chi connectivity index (χ0) is 20.0. The maximum Gasteiger partial charge on any atom is 0.342 e. The average molecular weight is 378 g/mol. The van der Waals surface area contributed by atoms with Crippen molar-refractivity contribution in [3.8, 4) is 11.5 Å². The Morgan fingerprint density at radius 1 is 1.19 bits per heavy atom. The number of carbonyl (C=O) groups excluding carboxylic acids is 3. The molecule has 1 atom stereocenters. The Balaban J connectivity index is 2.22. The number of phenolic OH excluding ortho intramolecular Hbond substituents is 1. The second-order valence-electron chi connectivity index (χ2n) is 5.63. The molecule has 9 heteroatoms. The number of rotatable bonds is 7. The molecular weight excluding hydrogens is 356 g/mol. The Kier molecular flexibility index (Phi) is 6.64. The molecule has 0 saturated carbocycles. The number of nitrogens with one attached hydrogen (secondary N) is 2. The lowest BCUT2D eigenvalue weighted by atomic mass is 10.0. The number of phenols is 1. The number of aromatic hydroxyl groups is 1. The molecule has 1 heterocycles. The van der Waals surface area contributed by atoms with E-state index in [0.717, 1.165) is 0 Å². The minimum atomic E-state index is -0.813. The van der Waals surface area contributed by atoms with Crippen LogP contribution in [0.25, 0.3) is 0 Å². The van der Waals surface area contributed by atoms with Crippen LogP contribution < -0.4 is 15.4 Å². The molecule has 2 rings (SSSR count). The molecule has 1 aliphatic heterocycles. The van der Waals surface area contributed by atoms with Crippen LogP contribution in [0, 0.1) is 0 Å². The fourth-order valence-corrected chi connectivity index (χ4v) is 2.60. The van der Waals surface area contributed by atoms with Gasteiger partial charge in [-0.25, -0.2) is 14.4 Å². The van der Waals surface area contributed by atoms with E-state index >= 15 is 0 Å². The number of esters is 2. The highest BCUT2D eigenvalue weighted by molar-refractivity contribution is 5.95. The van der Waals surface area contributed by atoms with Gasteiger partial charge >= 0.3 is 18.0 Å². The summed E-state index contributed by atoms with van der Waals surface area (Å²) in [5, 5.41) is 15.0. The molecule has 0 saturated heterocycles. The molecule has 0 bridgehead atoms. The highest BCUT2D eigenvalue weighted by atomic mass is 16.5. The van der Waals surface area contributed by atoms with Crippen molar-refractivity contribution in [3.63, 3.8) is 0 Å². The Labute approximate surface area is 156 Å². The first-order valence-electron chi connectivity index (χ1n) is 8.43. The molecule has 146 valence electrons. The fraction of sp³-hybridized carbons (Fsp3) is 0.389. The van der Waals surface area contributed by atoms with Gasteiger partial charge in [0.2, 0.25) is 0 Å². The van der Waals surface area contributed by atoms with E-state index in [1.807, 2.05) is 0 Å². The summed E-state index contributed by atoms with van der Waals surface area (Å²) in [6, 6.07) is 3.07. The molecule has 1 aromatic rings. The lowest BCUT2D eigenvalue weighted by Gasteiger charge is -2.28. The highest BCUT2D eigenvalue weighted by Gasteiger charge is 2.32. The van der Waals surface area contributed by atoms with Crippen molar-refractivity contribution < 1.29 is 33.7 Å². The molecule has 0 unspecified atom stereocenters. The summed E-state index contributed by atoms with van der Waals surface area (Å²) >= 11 is 0. The number of urea groups is 1. The van der Waals surface area contributed by atoms with Crippen molar-refractivity contribution >= 4 is 18.0 Å². The average Bonchev–Trinajstić information content (AvgIpc) is 2.65. The minimum absolute atomic E-state index is 0.0682. The van der Waals surface area contributed by atoms with E-state index in [0.29, 0.717) is 12.2 Å². The molecule has 0 aliphatic carbocycles. The Bertz CT molecular complexity index is 773. The third kappa shape index (κ3) is 4.69. The molecule has 0 spiro atoms. The molecule has 1 aliphatic rings. The van der Waals surface area contributed by atoms with Crippen LogP contribution in [-0.4, -0.2) is 49.4 Å². The maximum atomic E-state index is 12.3. The lowest BCUT2D eigenvalue weighted by molar-refractivity contribution is -0.139. The van der Waals surface area contributed by atoms with E-state index in [9.17, 15) is 19.5 Å². The van der Waals surface area contributed by atoms with Crippen LogP contribution in [0.1, 0.15) is 30.6 Å².